The smallest absolute Gasteiger partial charge is 0.255 e. The van der Waals surface area contributed by atoms with E-state index in [2.05, 4.69) is 5.32 Å². The van der Waals surface area contributed by atoms with Crippen LogP contribution in [-0.4, -0.2) is 26.2 Å². The molecule has 0 atom stereocenters. The third-order valence-corrected chi connectivity index (χ3v) is 3.68. The summed E-state index contributed by atoms with van der Waals surface area (Å²) in [4.78, 5) is 12.3. The summed E-state index contributed by atoms with van der Waals surface area (Å²) >= 11 is 0. The van der Waals surface area contributed by atoms with E-state index in [-0.39, 0.29) is 5.91 Å². The van der Waals surface area contributed by atoms with Gasteiger partial charge < -0.3 is 14.8 Å². The van der Waals surface area contributed by atoms with Crippen LogP contribution in [0.25, 0.3) is 10.8 Å². The lowest BCUT2D eigenvalue weighted by Crippen LogP contribution is -2.11. The Labute approximate surface area is 141 Å². The molecule has 0 aliphatic rings. The van der Waals surface area contributed by atoms with Gasteiger partial charge in [0.2, 0.25) is 0 Å². The molecule has 0 saturated heterocycles. The van der Waals surface area contributed by atoms with Gasteiger partial charge in [0, 0.05) is 18.4 Å². The number of hydrogen-bond donors (Lipinski definition) is 1. The molecule has 24 heavy (non-hydrogen) atoms. The first-order chi connectivity index (χ1) is 11.8. The fraction of sp³-hybridized carbons (Fsp3) is 0.150. The summed E-state index contributed by atoms with van der Waals surface area (Å²) in [5.74, 6) is 0.572. The highest BCUT2D eigenvalue weighted by Crippen LogP contribution is 2.20. The number of fused-ring (bicyclic) bond motifs is 1. The van der Waals surface area contributed by atoms with Crippen LogP contribution in [0.5, 0.6) is 5.75 Å². The lowest BCUT2D eigenvalue weighted by atomic mass is 10.1. The summed E-state index contributed by atoms with van der Waals surface area (Å²) in [5.41, 5.74) is 1.36. The van der Waals surface area contributed by atoms with E-state index in [0.717, 1.165) is 16.5 Å². The normalized spacial score (nSPS) is 10.5. The molecular formula is C20H19NO3. The van der Waals surface area contributed by atoms with Crippen molar-refractivity contribution in [3.63, 3.8) is 0 Å². The predicted molar refractivity (Wildman–Crippen MR) is 95.7 cm³/mol. The first-order valence-electron chi connectivity index (χ1n) is 7.78. The molecule has 0 saturated carbocycles. The summed E-state index contributed by atoms with van der Waals surface area (Å²) in [7, 11) is 1.63. The topological polar surface area (TPSA) is 47.6 Å². The summed E-state index contributed by atoms with van der Waals surface area (Å²) in [6, 6.07) is 21.0. The van der Waals surface area contributed by atoms with Crippen molar-refractivity contribution in [1.29, 1.82) is 0 Å². The fourth-order valence-electron chi connectivity index (χ4n) is 2.42. The minimum atomic E-state index is -0.145. The molecule has 0 radical (unpaired) electrons. The van der Waals surface area contributed by atoms with Gasteiger partial charge in [-0.05, 0) is 47.2 Å². The largest absolute Gasteiger partial charge is 0.491 e. The van der Waals surface area contributed by atoms with Crippen LogP contribution in [0.15, 0.2) is 66.7 Å². The molecule has 0 aliphatic heterocycles. The van der Waals surface area contributed by atoms with Crippen LogP contribution in [0, 0.1) is 0 Å². The van der Waals surface area contributed by atoms with Crippen molar-refractivity contribution in [3.05, 3.63) is 72.3 Å². The molecule has 3 rings (SSSR count). The van der Waals surface area contributed by atoms with Gasteiger partial charge in [0.25, 0.3) is 5.91 Å². The lowest BCUT2D eigenvalue weighted by Gasteiger charge is -2.08. The number of rotatable bonds is 6. The van der Waals surface area contributed by atoms with Crippen molar-refractivity contribution in [2.75, 3.05) is 25.6 Å². The van der Waals surface area contributed by atoms with Crippen molar-refractivity contribution in [1.82, 2.24) is 0 Å². The third kappa shape index (κ3) is 3.91. The van der Waals surface area contributed by atoms with Gasteiger partial charge in [-0.1, -0.05) is 30.3 Å². The second kappa shape index (κ2) is 7.62. The van der Waals surface area contributed by atoms with Crippen molar-refractivity contribution in [2.45, 2.75) is 0 Å². The summed E-state index contributed by atoms with van der Waals surface area (Å²) < 4.78 is 10.4. The number of carbonyl (C=O) groups is 1. The molecule has 122 valence electrons. The molecule has 0 aromatic heterocycles. The second-order valence-corrected chi connectivity index (χ2v) is 5.38. The highest BCUT2D eigenvalue weighted by atomic mass is 16.5. The highest BCUT2D eigenvalue weighted by molar-refractivity contribution is 6.05. The van der Waals surface area contributed by atoms with Gasteiger partial charge in [-0.15, -0.1) is 0 Å². The van der Waals surface area contributed by atoms with E-state index in [1.165, 1.54) is 0 Å². The van der Waals surface area contributed by atoms with Crippen LogP contribution in [0.2, 0.25) is 0 Å². The molecule has 0 heterocycles. The maximum absolute atomic E-state index is 12.3. The summed E-state index contributed by atoms with van der Waals surface area (Å²) in [6.45, 7) is 1.02. The van der Waals surface area contributed by atoms with Crippen LogP contribution in [0.3, 0.4) is 0 Å². The van der Waals surface area contributed by atoms with Crippen LogP contribution in [0.1, 0.15) is 10.4 Å². The van der Waals surface area contributed by atoms with E-state index in [4.69, 9.17) is 9.47 Å². The molecule has 3 aromatic carbocycles. The molecule has 0 fully saturated rings. The monoisotopic (exact) mass is 321 g/mol. The van der Waals surface area contributed by atoms with Crippen molar-refractivity contribution >= 4 is 22.4 Å². The molecule has 3 aromatic rings. The van der Waals surface area contributed by atoms with Crippen LogP contribution in [-0.2, 0) is 4.74 Å². The minimum absolute atomic E-state index is 0.145. The quantitative estimate of drug-likeness (QED) is 0.695. The number of anilines is 1. The minimum Gasteiger partial charge on any atom is -0.491 e. The number of hydrogen-bond acceptors (Lipinski definition) is 3. The number of amides is 1. The molecule has 4 heteroatoms. The van der Waals surface area contributed by atoms with Gasteiger partial charge in [-0.3, -0.25) is 4.79 Å². The molecule has 0 spiro atoms. The SMILES string of the molecule is COCCOc1ccc(C(=O)Nc2ccc3ccccc3c2)cc1. The molecular weight excluding hydrogens is 302 g/mol. The van der Waals surface area contributed by atoms with Gasteiger partial charge in [-0.2, -0.15) is 0 Å². The van der Waals surface area contributed by atoms with E-state index in [0.29, 0.717) is 24.5 Å². The Kier molecular flexibility index (Phi) is 5.08. The van der Waals surface area contributed by atoms with Gasteiger partial charge in [0.05, 0.1) is 6.61 Å². The van der Waals surface area contributed by atoms with Gasteiger partial charge in [0.1, 0.15) is 12.4 Å². The number of ether oxygens (including phenoxy) is 2. The Morgan fingerprint density at radius 1 is 0.917 bits per heavy atom. The fourth-order valence-corrected chi connectivity index (χ4v) is 2.42. The number of nitrogens with one attached hydrogen (secondary N) is 1. The molecule has 1 N–H and O–H groups in total. The molecule has 1 amide bonds. The Hall–Kier alpha value is -2.85. The van der Waals surface area contributed by atoms with E-state index < -0.39 is 0 Å². The zero-order chi connectivity index (χ0) is 16.8. The molecule has 0 aliphatic carbocycles. The van der Waals surface area contributed by atoms with Gasteiger partial charge >= 0.3 is 0 Å². The van der Waals surface area contributed by atoms with Gasteiger partial charge in [0.15, 0.2) is 0 Å². The zero-order valence-corrected chi connectivity index (χ0v) is 13.5. The number of carbonyl (C=O) groups excluding carboxylic acids is 1. The Morgan fingerprint density at radius 3 is 2.42 bits per heavy atom. The van der Waals surface area contributed by atoms with Crippen molar-refractivity contribution in [2.24, 2.45) is 0 Å². The molecule has 0 unspecified atom stereocenters. The Bertz CT molecular complexity index is 828. The zero-order valence-electron chi connectivity index (χ0n) is 13.5. The highest BCUT2D eigenvalue weighted by Gasteiger charge is 2.07. The average Bonchev–Trinajstić information content (AvgIpc) is 2.62. The maximum Gasteiger partial charge on any atom is 0.255 e. The van der Waals surface area contributed by atoms with Crippen LogP contribution >= 0.6 is 0 Å². The lowest BCUT2D eigenvalue weighted by molar-refractivity contribution is 0.102. The Balaban J connectivity index is 1.67. The van der Waals surface area contributed by atoms with Crippen molar-refractivity contribution in [3.8, 4) is 5.75 Å². The average molecular weight is 321 g/mol. The van der Waals surface area contributed by atoms with Crippen molar-refractivity contribution < 1.29 is 14.3 Å². The molecule has 0 bridgehead atoms. The van der Waals surface area contributed by atoms with E-state index in [1.54, 1.807) is 31.4 Å². The first-order valence-corrected chi connectivity index (χ1v) is 7.78. The van der Waals surface area contributed by atoms with E-state index >= 15 is 0 Å². The second-order valence-electron chi connectivity index (χ2n) is 5.38. The van der Waals surface area contributed by atoms with E-state index in [9.17, 15) is 4.79 Å². The van der Waals surface area contributed by atoms with Crippen LogP contribution < -0.4 is 10.1 Å². The Morgan fingerprint density at radius 2 is 1.67 bits per heavy atom. The van der Waals surface area contributed by atoms with Crippen LogP contribution in [0.4, 0.5) is 5.69 Å². The standard InChI is InChI=1S/C20H19NO3/c1-23-12-13-24-19-10-7-16(8-11-19)20(22)21-18-9-6-15-4-2-3-5-17(15)14-18/h2-11,14H,12-13H2,1H3,(H,21,22). The third-order valence-electron chi connectivity index (χ3n) is 3.68. The van der Waals surface area contributed by atoms with Gasteiger partial charge in [-0.25, -0.2) is 0 Å². The first kappa shape index (κ1) is 16.0. The van der Waals surface area contributed by atoms with E-state index in [1.807, 2.05) is 42.5 Å². The number of benzene rings is 3. The number of methoxy groups -OCH3 is 1. The summed E-state index contributed by atoms with van der Waals surface area (Å²) in [5, 5.41) is 5.16. The summed E-state index contributed by atoms with van der Waals surface area (Å²) in [6.07, 6.45) is 0. The maximum atomic E-state index is 12.3. The molecule has 4 nitrogen and oxygen atoms in total. The predicted octanol–water partition coefficient (Wildman–Crippen LogP) is 4.12.